The van der Waals surface area contributed by atoms with Gasteiger partial charge in [0.25, 0.3) is 0 Å². The van der Waals surface area contributed by atoms with Gasteiger partial charge in [-0.3, -0.25) is 4.79 Å². The highest BCUT2D eigenvalue weighted by atomic mass is 16.8. The lowest BCUT2D eigenvalue weighted by Gasteiger charge is -2.48. The smallest absolute Gasteiger partial charge is 0.220 e. The van der Waals surface area contributed by atoms with E-state index in [0.29, 0.717) is 19.3 Å². The normalized spacial score (nSPS) is 34.3. The summed E-state index contributed by atoms with van der Waals surface area (Å²) in [6.07, 6.45) is 8.02. The van der Waals surface area contributed by atoms with Crippen molar-refractivity contribution in [1.82, 2.24) is 5.32 Å². The Hall–Kier alpha value is -3.03. The van der Waals surface area contributed by atoms with Crippen LogP contribution in [0.3, 0.4) is 0 Å². The Morgan fingerprint density at radius 2 is 1.00 bits per heavy atom. The minimum absolute atomic E-state index is 0.105. The molecule has 3 fully saturated rings. The fourth-order valence-electron chi connectivity index (χ4n) is 7.35. The Bertz CT molecular complexity index is 1570. The number of amides is 1. The highest BCUT2D eigenvalue weighted by Gasteiger charge is 2.53. The minimum Gasteiger partial charge on any atom is -0.394 e. The van der Waals surface area contributed by atoms with E-state index in [1.165, 1.54) is 6.08 Å². The summed E-state index contributed by atoms with van der Waals surface area (Å²) >= 11 is 0. The van der Waals surface area contributed by atoms with Crippen molar-refractivity contribution in [2.45, 2.75) is 182 Å². The van der Waals surface area contributed by atoms with Crippen molar-refractivity contribution in [3.8, 4) is 0 Å². The summed E-state index contributed by atoms with van der Waals surface area (Å²) in [5, 5.41) is 119. The molecule has 67 heavy (non-hydrogen) atoms. The number of carbonyl (C=O) groups is 1. The number of carbonyl (C=O) groups excluding carboxylic acids is 1. The van der Waals surface area contributed by atoms with Crippen molar-refractivity contribution in [2.75, 3.05) is 26.4 Å². The van der Waals surface area contributed by atoms with Crippen LogP contribution in [0.4, 0.5) is 0 Å². The lowest BCUT2D eigenvalue weighted by Crippen LogP contribution is -2.66. The van der Waals surface area contributed by atoms with Crippen LogP contribution in [0.15, 0.2) is 85.1 Å². The van der Waals surface area contributed by atoms with Gasteiger partial charge in [-0.25, -0.2) is 0 Å². The van der Waals surface area contributed by atoms with Crippen LogP contribution in [0.1, 0.15) is 78.1 Å². The summed E-state index contributed by atoms with van der Waals surface area (Å²) in [6.45, 7) is 1.20. The molecule has 1 amide bonds. The van der Waals surface area contributed by atoms with E-state index in [4.69, 9.17) is 28.4 Å². The Balaban J connectivity index is 1.62. The zero-order valence-corrected chi connectivity index (χ0v) is 38.6. The number of aliphatic hydroxyl groups excluding tert-OH is 11. The Morgan fingerprint density at radius 1 is 0.552 bits per heavy atom. The van der Waals surface area contributed by atoms with Gasteiger partial charge in [0, 0.05) is 6.42 Å². The van der Waals surface area contributed by atoms with Crippen molar-refractivity contribution >= 4 is 5.91 Å². The molecular weight excluding hydrogens is 879 g/mol. The number of allylic oxidation sites excluding steroid dienone is 13. The van der Waals surface area contributed by atoms with Gasteiger partial charge in [-0.2, -0.15) is 0 Å². The lowest BCUT2D eigenvalue weighted by atomic mass is 9.96. The lowest BCUT2D eigenvalue weighted by molar-refractivity contribution is -0.379. The zero-order valence-electron chi connectivity index (χ0n) is 38.6. The van der Waals surface area contributed by atoms with Gasteiger partial charge in [0.05, 0.1) is 38.6 Å². The van der Waals surface area contributed by atoms with Gasteiger partial charge >= 0.3 is 0 Å². The predicted molar refractivity (Wildman–Crippen MR) is 244 cm³/mol. The molecule has 0 spiro atoms. The molecule has 3 saturated heterocycles. The number of rotatable bonds is 29. The van der Waals surface area contributed by atoms with Gasteiger partial charge in [-0.05, 0) is 64.7 Å². The maximum Gasteiger partial charge on any atom is 0.220 e. The first kappa shape index (κ1) is 58.3. The van der Waals surface area contributed by atoms with Gasteiger partial charge in [-0.1, -0.05) is 92.0 Å². The molecule has 0 radical (unpaired) electrons. The first-order valence-corrected chi connectivity index (χ1v) is 23.3. The molecule has 17 atom stereocenters. The molecule has 3 rings (SSSR count). The summed E-state index contributed by atoms with van der Waals surface area (Å²) in [5.74, 6) is -0.380. The van der Waals surface area contributed by atoms with E-state index in [1.807, 2.05) is 37.3 Å². The van der Waals surface area contributed by atoms with Crippen LogP contribution in [-0.2, 0) is 33.2 Å². The molecule has 382 valence electrons. The van der Waals surface area contributed by atoms with E-state index in [0.717, 1.165) is 38.5 Å². The van der Waals surface area contributed by atoms with Crippen LogP contribution in [0.2, 0.25) is 0 Å². The summed E-state index contributed by atoms with van der Waals surface area (Å²) in [6, 6.07) is -1.03. The minimum atomic E-state index is -1.99. The van der Waals surface area contributed by atoms with Crippen molar-refractivity contribution in [3.05, 3.63) is 85.1 Å². The largest absolute Gasteiger partial charge is 0.394 e. The number of aliphatic hydroxyl groups is 11. The SMILES string of the molecule is C/C=C/CC/C=C/CC/C=C/C(O)C(COC1OC(CO)C(OC2OC(CO)C(OC3OC(CO)C(O)C(O)C3O)C(O)C2O)C(O)C1O)NC(=O)CC/C=C\C/C=C\C/C=C\C/C=C\CC. The van der Waals surface area contributed by atoms with Crippen LogP contribution in [0, 0.1) is 0 Å². The Kier molecular flexibility index (Phi) is 28.5. The van der Waals surface area contributed by atoms with Gasteiger partial charge in [0.15, 0.2) is 18.9 Å². The van der Waals surface area contributed by atoms with E-state index in [9.17, 15) is 61.0 Å². The highest BCUT2D eigenvalue weighted by molar-refractivity contribution is 5.76. The van der Waals surface area contributed by atoms with E-state index < -0.39 is 131 Å². The second kappa shape index (κ2) is 32.7. The molecule has 12 N–H and O–H groups in total. The molecule has 3 heterocycles. The van der Waals surface area contributed by atoms with E-state index in [1.54, 1.807) is 6.08 Å². The van der Waals surface area contributed by atoms with Crippen molar-refractivity contribution < 1.29 is 89.4 Å². The van der Waals surface area contributed by atoms with Crippen LogP contribution >= 0.6 is 0 Å². The average Bonchev–Trinajstić information content (AvgIpc) is 3.32. The summed E-state index contributed by atoms with van der Waals surface area (Å²) < 4.78 is 33.9. The molecule has 0 aromatic carbocycles. The average molecular weight is 956 g/mol. The molecule has 19 heteroatoms. The fraction of sp³-hybridized carbons (Fsp3) is 0.688. The van der Waals surface area contributed by atoms with Crippen LogP contribution in [-0.4, -0.2) is 193 Å². The van der Waals surface area contributed by atoms with Gasteiger partial charge in [0.1, 0.15) is 73.2 Å². The number of hydrogen-bond donors (Lipinski definition) is 12. The summed E-state index contributed by atoms with van der Waals surface area (Å²) in [4.78, 5) is 13.1. The van der Waals surface area contributed by atoms with E-state index >= 15 is 0 Å². The third kappa shape index (κ3) is 19.4. The number of hydrogen-bond acceptors (Lipinski definition) is 18. The van der Waals surface area contributed by atoms with Crippen LogP contribution < -0.4 is 5.32 Å². The predicted octanol–water partition coefficient (Wildman–Crippen LogP) is 0.131. The molecule has 0 bridgehead atoms. The van der Waals surface area contributed by atoms with E-state index in [2.05, 4.69) is 54.8 Å². The molecule has 17 unspecified atom stereocenters. The third-order valence-corrected chi connectivity index (χ3v) is 11.3. The summed E-state index contributed by atoms with van der Waals surface area (Å²) in [5.41, 5.74) is 0. The molecule has 0 aliphatic carbocycles. The second-order valence-electron chi connectivity index (χ2n) is 16.5. The quantitative estimate of drug-likeness (QED) is 0.0350. The molecular formula is C48H77NO18. The molecule has 0 aromatic heterocycles. The molecule has 0 aromatic rings. The molecule has 3 aliphatic rings. The van der Waals surface area contributed by atoms with Crippen molar-refractivity contribution in [1.29, 1.82) is 0 Å². The van der Waals surface area contributed by atoms with Crippen molar-refractivity contribution in [3.63, 3.8) is 0 Å². The molecule has 19 nitrogen and oxygen atoms in total. The number of nitrogens with one attached hydrogen (secondary N) is 1. The first-order valence-electron chi connectivity index (χ1n) is 23.3. The second-order valence-corrected chi connectivity index (χ2v) is 16.5. The molecule has 0 saturated carbocycles. The van der Waals surface area contributed by atoms with E-state index in [-0.39, 0.29) is 12.3 Å². The van der Waals surface area contributed by atoms with Gasteiger partial charge in [0.2, 0.25) is 5.91 Å². The van der Waals surface area contributed by atoms with Crippen LogP contribution in [0.25, 0.3) is 0 Å². The highest BCUT2D eigenvalue weighted by Crippen LogP contribution is 2.33. The monoisotopic (exact) mass is 956 g/mol. The van der Waals surface area contributed by atoms with Gasteiger partial charge in [-0.15, -0.1) is 0 Å². The van der Waals surface area contributed by atoms with Gasteiger partial charge < -0.3 is 89.9 Å². The topological polar surface area (TPSA) is 307 Å². The standard InChI is InChI=1S/C48H77NO18/c1-3-5-7-9-11-13-14-15-16-18-20-22-24-26-36(54)49-31(32(53)25-23-21-19-17-12-10-8-6-4-2)30-62-46-42(60)39(57)44(34(28-51)64-46)67-48-43(61)40(58)45(35(29-52)65-48)66-47-41(59)38(56)37(55)33(27-50)63-47/h4-7,11-13,15-17,20,22-23,25,31-35,37-48,50-53,55-61H,3,8-10,14,18-19,21,24,26-30H2,1-2H3,(H,49,54)/b6-4+,7-5-,13-11-,16-15-,17-12+,22-20-,25-23+. The number of ether oxygens (including phenoxy) is 6. The van der Waals surface area contributed by atoms with Crippen LogP contribution in [0.5, 0.6) is 0 Å². The third-order valence-electron chi connectivity index (χ3n) is 11.3. The van der Waals surface area contributed by atoms with Crippen molar-refractivity contribution in [2.24, 2.45) is 0 Å². The molecule has 3 aliphatic heterocycles. The Morgan fingerprint density at radius 3 is 1.54 bits per heavy atom. The maximum absolute atomic E-state index is 13.1. The number of unbranched alkanes of at least 4 members (excludes halogenated alkanes) is 2. The first-order chi connectivity index (χ1) is 32.3. The summed E-state index contributed by atoms with van der Waals surface area (Å²) in [7, 11) is 0. The maximum atomic E-state index is 13.1. The fourth-order valence-corrected chi connectivity index (χ4v) is 7.35. The Labute approximate surface area is 393 Å². The zero-order chi connectivity index (χ0) is 49.1.